The summed E-state index contributed by atoms with van der Waals surface area (Å²) >= 11 is 6.36. The topological polar surface area (TPSA) is 103 Å². The number of anilines is 1. The molecule has 2 aromatic carbocycles. The van der Waals surface area contributed by atoms with Crippen molar-refractivity contribution in [2.24, 2.45) is 11.3 Å². The van der Waals surface area contributed by atoms with Gasteiger partial charge in [-0.05, 0) is 23.6 Å². The Labute approximate surface area is 189 Å². The van der Waals surface area contributed by atoms with Gasteiger partial charge in [0.25, 0.3) is 5.69 Å². The van der Waals surface area contributed by atoms with Crippen LogP contribution in [0.5, 0.6) is 0 Å². The lowest BCUT2D eigenvalue weighted by atomic mass is 9.72. The number of aromatic nitrogens is 3. The highest BCUT2D eigenvalue weighted by atomic mass is 35.5. The number of Topliss-reactive ketones (excluding diaryl/α,β-unsaturated/α-hetero) is 1. The highest BCUT2D eigenvalue weighted by Gasteiger charge is 2.46. The van der Waals surface area contributed by atoms with E-state index < -0.39 is 16.9 Å². The maximum Gasteiger partial charge on any atom is 0.274 e. The van der Waals surface area contributed by atoms with Crippen LogP contribution in [-0.2, 0) is 4.79 Å². The van der Waals surface area contributed by atoms with Gasteiger partial charge in [0.05, 0.1) is 21.4 Å². The Kier molecular flexibility index (Phi) is 4.63. The van der Waals surface area contributed by atoms with Gasteiger partial charge in [0, 0.05) is 23.7 Å². The number of nitro benzene ring substituents is 1. The van der Waals surface area contributed by atoms with Gasteiger partial charge in [-0.25, -0.2) is 4.68 Å². The minimum absolute atomic E-state index is 0.00333. The molecule has 1 aromatic heterocycles. The number of halogens is 1. The third-order valence-corrected chi connectivity index (χ3v) is 6.22. The van der Waals surface area contributed by atoms with Crippen LogP contribution in [0, 0.1) is 21.4 Å². The Hall–Kier alpha value is -3.52. The summed E-state index contributed by atoms with van der Waals surface area (Å²) in [6.07, 6.45) is 2.36. The minimum Gasteiger partial charge on any atom is -0.328 e. The second-order valence-electron chi connectivity index (χ2n) is 8.78. The van der Waals surface area contributed by atoms with E-state index in [2.05, 4.69) is 15.4 Å². The van der Waals surface area contributed by atoms with E-state index in [9.17, 15) is 14.9 Å². The standard InChI is InChI=1S/C23H20ClN5O3/c1-23(2)11-16-19(18(30)12-23)20(14-8-4-6-10-17(14)29(31)32)28-22(25-16)26-21(27-28)13-7-3-5-9-15(13)24/h3-11,19-20H,12H2,1-2H3,(H,25,26,27). The smallest absolute Gasteiger partial charge is 0.274 e. The number of nitrogens with one attached hydrogen (secondary N) is 1. The van der Waals surface area contributed by atoms with Crippen molar-refractivity contribution in [2.45, 2.75) is 26.3 Å². The summed E-state index contributed by atoms with van der Waals surface area (Å²) < 4.78 is 1.58. The first kappa shape index (κ1) is 20.4. The molecule has 0 saturated carbocycles. The van der Waals surface area contributed by atoms with Crippen LogP contribution in [0.1, 0.15) is 31.9 Å². The van der Waals surface area contributed by atoms with Gasteiger partial charge in [-0.15, -0.1) is 5.10 Å². The maximum absolute atomic E-state index is 13.3. The molecule has 162 valence electrons. The van der Waals surface area contributed by atoms with Crippen molar-refractivity contribution >= 4 is 29.0 Å². The fraction of sp³-hybridized carbons (Fsp3) is 0.261. The van der Waals surface area contributed by atoms with E-state index in [0.717, 1.165) is 0 Å². The highest BCUT2D eigenvalue weighted by molar-refractivity contribution is 6.33. The fourth-order valence-electron chi connectivity index (χ4n) is 4.60. The number of hydrogen-bond donors (Lipinski definition) is 1. The lowest BCUT2D eigenvalue weighted by molar-refractivity contribution is -0.385. The van der Waals surface area contributed by atoms with Crippen LogP contribution in [0.4, 0.5) is 11.6 Å². The number of carbonyl (C=O) groups is 1. The zero-order chi connectivity index (χ0) is 22.6. The monoisotopic (exact) mass is 449 g/mol. The van der Waals surface area contributed by atoms with Gasteiger partial charge in [-0.3, -0.25) is 14.9 Å². The van der Waals surface area contributed by atoms with E-state index in [-0.39, 0.29) is 16.9 Å². The summed E-state index contributed by atoms with van der Waals surface area (Å²) in [6, 6.07) is 13.0. The number of hydrogen-bond acceptors (Lipinski definition) is 6. The van der Waals surface area contributed by atoms with E-state index >= 15 is 0 Å². The quantitative estimate of drug-likeness (QED) is 0.444. The second kappa shape index (κ2) is 7.27. The number of para-hydroxylation sites is 1. The molecule has 1 aliphatic heterocycles. The van der Waals surface area contributed by atoms with Crippen molar-refractivity contribution < 1.29 is 9.72 Å². The molecule has 0 spiro atoms. The Morgan fingerprint density at radius 1 is 1.19 bits per heavy atom. The number of nitro groups is 1. The maximum atomic E-state index is 13.3. The molecule has 2 heterocycles. The molecule has 1 N–H and O–H groups in total. The van der Waals surface area contributed by atoms with Crippen LogP contribution in [-0.4, -0.2) is 25.5 Å². The Balaban J connectivity index is 1.76. The van der Waals surface area contributed by atoms with Crippen molar-refractivity contribution in [1.29, 1.82) is 0 Å². The Bertz CT molecular complexity index is 1300. The third-order valence-electron chi connectivity index (χ3n) is 5.89. The van der Waals surface area contributed by atoms with Gasteiger partial charge >= 0.3 is 0 Å². The predicted molar refractivity (Wildman–Crippen MR) is 120 cm³/mol. The van der Waals surface area contributed by atoms with Gasteiger partial charge in [-0.2, -0.15) is 4.98 Å². The second-order valence-corrected chi connectivity index (χ2v) is 9.19. The van der Waals surface area contributed by atoms with Gasteiger partial charge in [0.2, 0.25) is 5.95 Å². The number of carbonyl (C=O) groups excluding carboxylic acids is 1. The first-order chi connectivity index (χ1) is 15.2. The predicted octanol–water partition coefficient (Wildman–Crippen LogP) is 5.02. The van der Waals surface area contributed by atoms with Crippen LogP contribution in [0.3, 0.4) is 0 Å². The summed E-state index contributed by atoms with van der Waals surface area (Å²) in [7, 11) is 0. The molecule has 0 bridgehead atoms. The van der Waals surface area contributed by atoms with E-state index in [1.54, 1.807) is 28.9 Å². The molecule has 0 fully saturated rings. The number of benzene rings is 2. The Morgan fingerprint density at radius 3 is 2.66 bits per heavy atom. The number of fused-ring (bicyclic) bond motifs is 2. The van der Waals surface area contributed by atoms with Gasteiger partial charge in [-0.1, -0.05) is 55.8 Å². The Morgan fingerprint density at radius 2 is 1.91 bits per heavy atom. The molecule has 3 aromatic rings. The average molecular weight is 450 g/mol. The van der Waals surface area contributed by atoms with Crippen LogP contribution in [0.2, 0.25) is 5.02 Å². The fourth-order valence-corrected chi connectivity index (χ4v) is 4.82. The molecule has 0 amide bonds. The molecule has 9 heteroatoms. The van der Waals surface area contributed by atoms with Gasteiger partial charge < -0.3 is 5.32 Å². The summed E-state index contributed by atoms with van der Waals surface area (Å²) in [5, 5.41) is 20.2. The normalized spacial score (nSPS) is 21.2. The largest absolute Gasteiger partial charge is 0.328 e. The highest BCUT2D eigenvalue weighted by Crippen LogP contribution is 2.47. The molecule has 2 aliphatic rings. The zero-order valence-corrected chi connectivity index (χ0v) is 18.2. The van der Waals surface area contributed by atoms with Crippen molar-refractivity contribution in [3.63, 3.8) is 0 Å². The lowest BCUT2D eigenvalue weighted by Crippen LogP contribution is -2.42. The summed E-state index contributed by atoms with van der Waals surface area (Å²) in [5.74, 6) is 0.171. The molecule has 1 aliphatic carbocycles. The SMILES string of the molecule is CC1(C)C=C2Nc3nc(-c4ccccc4Cl)nn3C(c3ccccc3[N+](=O)[O-])C2C(=O)C1. The number of nitrogens with zero attached hydrogens (tertiary/aromatic N) is 4. The minimum atomic E-state index is -0.702. The molecule has 8 nitrogen and oxygen atoms in total. The number of ketones is 1. The summed E-state index contributed by atoms with van der Waals surface area (Å²) in [6.45, 7) is 3.98. The molecule has 2 atom stereocenters. The number of rotatable bonds is 3. The lowest BCUT2D eigenvalue weighted by Gasteiger charge is -2.39. The van der Waals surface area contributed by atoms with E-state index in [1.165, 1.54) is 6.07 Å². The first-order valence-corrected chi connectivity index (χ1v) is 10.6. The summed E-state index contributed by atoms with van der Waals surface area (Å²) in [4.78, 5) is 29.3. The molecular formula is C23H20ClN5O3. The van der Waals surface area contributed by atoms with Gasteiger partial charge in [0.15, 0.2) is 5.82 Å². The summed E-state index contributed by atoms with van der Waals surface area (Å²) in [5.41, 5.74) is 1.36. The van der Waals surface area contributed by atoms with Crippen LogP contribution in [0.15, 0.2) is 60.3 Å². The first-order valence-electron chi connectivity index (χ1n) is 10.2. The van der Waals surface area contributed by atoms with Crippen molar-refractivity contribution in [2.75, 3.05) is 5.32 Å². The van der Waals surface area contributed by atoms with Gasteiger partial charge in [0.1, 0.15) is 11.8 Å². The molecule has 2 unspecified atom stereocenters. The van der Waals surface area contributed by atoms with E-state index in [1.807, 2.05) is 38.1 Å². The molecule has 5 rings (SSSR count). The van der Waals surface area contributed by atoms with Crippen molar-refractivity contribution in [1.82, 2.24) is 14.8 Å². The van der Waals surface area contributed by atoms with E-state index in [0.29, 0.717) is 40.0 Å². The number of allylic oxidation sites excluding steroid dienone is 2. The van der Waals surface area contributed by atoms with E-state index in [4.69, 9.17) is 11.6 Å². The molecule has 0 radical (unpaired) electrons. The zero-order valence-electron chi connectivity index (χ0n) is 17.4. The third kappa shape index (κ3) is 3.27. The average Bonchev–Trinajstić information content (AvgIpc) is 3.15. The molecular weight excluding hydrogens is 430 g/mol. The van der Waals surface area contributed by atoms with Crippen molar-refractivity contribution in [3.8, 4) is 11.4 Å². The molecule has 0 saturated heterocycles. The van der Waals surface area contributed by atoms with Crippen LogP contribution in [0.25, 0.3) is 11.4 Å². The van der Waals surface area contributed by atoms with Crippen LogP contribution >= 0.6 is 11.6 Å². The molecule has 32 heavy (non-hydrogen) atoms. The van der Waals surface area contributed by atoms with Crippen LogP contribution < -0.4 is 5.32 Å². The van der Waals surface area contributed by atoms with Crippen molar-refractivity contribution in [3.05, 3.63) is 81.0 Å².